The zero-order valence-corrected chi connectivity index (χ0v) is 11.4. The van der Waals surface area contributed by atoms with Crippen molar-refractivity contribution in [1.82, 2.24) is 4.90 Å². The van der Waals surface area contributed by atoms with Crippen LogP contribution in [0.4, 0.5) is 0 Å². The largest absolute Gasteiger partial charge is 0.493 e. The summed E-state index contributed by atoms with van der Waals surface area (Å²) in [5.41, 5.74) is 0. The summed E-state index contributed by atoms with van der Waals surface area (Å²) in [7, 11) is 3.88. The lowest BCUT2D eigenvalue weighted by Crippen LogP contribution is -2.30. The van der Waals surface area contributed by atoms with Crippen LogP contribution >= 0.6 is 0 Å². The van der Waals surface area contributed by atoms with Gasteiger partial charge in [0.2, 0.25) is 0 Å². The van der Waals surface area contributed by atoms with Crippen molar-refractivity contribution in [3.8, 4) is 11.5 Å². The molecule has 0 bridgehead atoms. The summed E-state index contributed by atoms with van der Waals surface area (Å²) in [6.07, 6.45) is 3.74. The van der Waals surface area contributed by atoms with Gasteiger partial charge in [0.15, 0.2) is 11.5 Å². The molecule has 2 rings (SSSR count). The zero-order chi connectivity index (χ0) is 12.8. The van der Waals surface area contributed by atoms with Gasteiger partial charge in [-0.2, -0.15) is 0 Å². The lowest BCUT2D eigenvalue weighted by Gasteiger charge is -2.28. The highest BCUT2D eigenvalue weighted by Crippen LogP contribution is 2.27. The van der Waals surface area contributed by atoms with E-state index < -0.39 is 0 Å². The minimum atomic E-state index is 0.786. The Bertz CT molecular complexity index is 359. The number of benzene rings is 1. The number of methoxy groups -OCH3 is 1. The molecule has 3 nitrogen and oxygen atoms in total. The van der Waals surface area contributed by atoms with Crippen LogP contribution < -0.4 is 9.47 Å². The molecule has 18 heavy (non-hydrogen) atoms. The third-order valence-electron chi connectivity index (χ3n) is 3.69. The summed E-state index contributed by atoms with van der Waals surface area (Å²) in [6, 6.07) is 7.84. The second kappa shape index (κ2) is 6.64. The molecule has 1 aromatic rings. The summed E-state index contributed by atoms with van der Waals surface area (Å²) in [5.74, 6) is 2.49. The van der Waals surface area contributed by atoms with E-state index in [1.165, 1.54) is 25.9 Å². The molecule has 0 saturated carbocycles. The highest BCUT2D eigenvalue weighted by Gasteiger charge is 2.16. The number of hydrogen-bond donors (Lipinski definition) is 0. The van der Waals surface area contributed by atoms with Crippen molar-refractivity contribution in [3.05, 3.63) is 24.3 Å². The van der Waals surface area contributed by atoms with E-state index in [4.69, 9.17) is 9.47 Å². The van der Waals surface area contributed by atoms with E-state index in [2.05, 4.69) is 11.9 Å². The maximum Gasteiger partial charge on any atom is 0.161 e. The molecule has 0 atom stereocenters. The molecule has 1 aliphatic heterocycles. The van der Waals surface area contributed by atoms with Gasteiger partial charge in [0.05, 0.1) is 13.7 Å². The zero-order valence-electron chi connectivity index (χ0n) is 11.4. The molecular weight excluding hydrogens is 226 g/mol. The van der Waals surface area contributed by atoms with Gasteiger partial charge in [-0.25, -0.2) is 0 Å². The molecule has 3 heteroatoms. The van der Waals surface area contributed by atoms with Gasteiger partial charge in [-0.1, -0.05) is 12.1 Å². The third kappa shape index (κ3) is 3.64. The molecule has 1 aliphatic rings. The summed E-state index contributed by atoms with van der Waals surface area (Å²) in [5, 5.41) is 0. The number of hydrogen-bond acceptors (Lipinski definition) is 3. The molecule has 0 aliphatic carbocycles. The van der Waals surface area contributed by atoms with Crippen LogP contribution in [0.15, 0.2) is 24.3 Å². The first-order valence-corrected chi connectivity index (χ1v) is 6.74. The highest BCUT2D eigenvalue weighted by molar-refractivity contribution is 5.39. The third-order valence-corrected chi connectivity index (χ3v) is 3.69. The van der Waals surface area contributed by atoms with Crippen LogP contribution in [0.3, 0.4) is 0 Å². The average molecular weight is 249 g/mol. The van der Waals surface area contributed by atoms with Gasteiger partial charge in [0, 0.05) is 0 Å². The molecule has 100 valence electrons. The Labute approximate surface area is 110 Å². The van der Waals surface area contributed by atoms with Crippen molar-refractivity contribution >= 4 is 0 Å². The fourth-order valence-electron chi connectivity index (χ4n) is 2.42. The topological polar surface area (TPSA) is 21.7 Å². The van der Waals surface area contributed by atoms with Crippen LogP contribution in [0, 0.1) is 5.92 Å². The van der Waals surface area contributed by atoms with Gasteiger partial charge in [0.25, 0.3) is 0 Å². The number of para-hydroxylation sites is 2. The summed E-state index contributed by atoms with van der Waals surface area (Å²) in [6.45, 7) is 3.23. The second-order valence-electron chi connectivity index (χ2n) is 5.03. The Morgan fingerprint density at radius 1 is 1.17 bits per heavy atom. The Hall–Kier alpha value is -1.22. The SMILES string of the molecule is COc1ccccc1OCCC1CCN(C)CC1. The van der Waals surface area contributed by atoms with E-state index in [-0.39, 0.29) is 0 Å². The second-order valence-corrected chi connectivity index (χ2v) is 5.03. The van der Waals surface area contributed by atoms with E-state index in [0.717, 1.165) is 30.4 Å². The van der Waals surface area contributed by atoms with Gasteiger partial charge in [-0.3, -0.25) is 0 Å². The fraction of sp³-hybridized carbons (Fsp3) is 0.600. The predicted octanol–water partition coefficient (Wildman–Crippen LogP) is 2.81. The lowest BCUT2D eigenvalue weighted by atomic mass is 9.94. The summed E-state index contributed by atoms with van der Waals surface area (Å²) in [4.78, 5) is 2.40. The van der Waals surface area contributed by atoms with Gasteiger partial charge in [-0.05, 0) is 57.5 Å². The smallest absolute Gasteiger partial charge is 0.161 e. The maximum atomic E-state index is 5.82. The minimum absolute atomic E-state index is 0.786. The van der Waals surface area contributed by atoms with Crippen molar-refractivity contribution < 1.29 is 9.47 Å². The van der Waals surface area contributed by atoms with E-state index in [1.807, 2.05) is 24.3 Å². The number of likely N-dealkylation sites (tertiary alicyclic amines) is 1. The standard InChI is InChI=1S/C15H23NO2/c1-16-10-7-13(8-11-16)9-12-18-15-6-4-3-5-14(15)17-2/h3-6,13H,7-12H2,1-2H3. The molecule has 0 spiro atoms. The van der Waals surface area contributed by atoms with Crippen molar-refractivity contribution in [2.45, 2.75) is 19.3 Å². The Kier molecular flexibility index (Phi) is 4.88. The van der Waals surface area contributed by atoms with E-state index >= 15 is 0 Å². The molecule has 1 heterocycles. The summed E-state index contributed by atoms with van der Waals surface area (Å²) >= 11 is 0. The van der Waals surface area contributed by atoms with Crippen molar-refractivity contribution in [3.63, 3.8) is 0 Å². The number of rotatable bonds is 5. The van der Waals surface area contributed by atoms with E-state index in [9.17, 15) is 0 Å². The number of nitrogens with zero attached hydrogens (tertiary/aromatic N) is 1. The quantitative estimate of drug-likeness (QED) is 0.801. The molecule has 0 unspecified atom stereocenters. The normalized spacial score (nSPS) is 17.7. The van der Waals surface area contributed by atoms with Crippen molar-refractivity contribution in [1.29, 1.82) is 0 Å². The maximum absolute atomic E-state index is 5.82. The highest BCUT2D eigenvalue weighted by atomic mass is 16.5. The van der Waals surface area contributed by atoms with Crippen LogP contribution in [-0.4, -0.2) is 38.8 Å². The first-order chi connectivity index (χ1) is 8.79. The van der Waals surface area contributed by atoms with Crippen LogP contribution in [0.5, 0.6) is 11.5 Å². The monoisotopic (exact) mass is 249 g/mol. The Morgan fingerprint density at radius 3 is 2.50 bits per heavy atom. The number of ether oxygens (including phenoxy) is 2. The van der Waals surface area contributed by atoms with E-state index in [1.54, 1.807) is 7.11 Å². The Morgan fingerprint density at radius 2 is 1.83 bits per heavy atom. The predicted molar refractivity (Wildman–Crippen MR) is 73.3 cm³/mol. The molecule has 0 radical (unpaired) electrons. The van der Waals surface area contributed by atoms with Crippen molar-refractivity contribution in [2.24, 2.45) is 5.92 Å². The molecule has 1 fully saturated rings. The molecule has 0 amide bonds. The molecule has 0 N–H and O–H groups in total. The van der Waals surface area contributed by atoms with E-state index in [0.29, 0.717) is 0 Å². The average Bonchev–Trinajstić information content (AvgIpc) is 2.41. The number of piperidine rings is 1. The molecule has 0 aromatic heterocycles. The van der Waals surface area contributed by atoms with Gasteiger partial charge < -0.3 is 14.4 Å². The Balaban J connectivity index is 1.75. The van der Waals surface area contributed by atoms with Gasteiger partial charge >= 0.3 is 0 Å². The first kappa shape index (κ1) is 13.2. The first-order valence-electron chi connectivity index (χ1n) is 6.74. The van der Waals surface area contributed by atoms with Gasteiger partial charge in [0.1, 0.15) is 0 Å². The van der Waals surface area contributed by atoms with Crippen LogP contribution in [0.25, 0.3) is 0 Å². The van der Waals surface area contributed by atoms with Crippen molar-refractivity contribution in [2.75, 3.05) is 33.9 Å². The lowest BCUT2D eigenvalue weighted by molar-refractivity contribution is 0.185. The molecular formula is C15H23NO2. The molecule has 1 saturated heterocycles. The minimum Gasteiger partial charge on any atom is -0.493 e. The molecule has 1 aromatic carbocycles. The van der Waals surface area contributed by atoms with Crippen LogP contribution in [-0.2, 0) is 0 Å². The fourth-order valence-corrected chi connectivity index (χ4v) is 2.42. The van der Waals surface area contributed by atoms with Gasteiger partial charge in [-0.15, -0.1) is 0 Å². The van der Waals surface area contributed by atoms with Crippen LogP contribution in [0.1, 0.15) is 19.3 Å². The van der Waals surface area contributed by atoms with Crippen LogP contribution in [0.2, 0.25) is 0 Å². The summed E-state index contributed by atoms with van der Waals surface area (Å²) < 4.78 is 11.1.